The third-order valence-electron chi connectivity index (χ3n) is 3.78. The quantitative estimate of drug-likeness (QED) is 0.934. The van der Waals surface area contributed by atoms with Gasteiger partial charge in [0, 0.05) is 5.69 Å². The molecule has 2 aromatic rings. The first-order valence-corrected chi connectivity index (χ1v) is 8.49. The zero-order valence-corrected chi connectivity index (χ0v) is 14.3. The third kappa shape index (κ3) is 3.09. The summed E-state index contributed by atoms with van der Waals surface area (Å²) < 4.78 is 33.3. The summed E-state index contributed by atoms with van der Waals surface area (Å²) in [4.78, 5) is 0.281. The standard InChI is InChI=1S/C17H21NO3S/c1-11-6-8-15(9-7-11)18-22(19,20)16-10-12(2)17(21-5)14(4)13(16)3/h6-10,18H,1-5H3. The number of methoxy groups -OCH3 is 1. The molecule has 1 N–H and O–H groups in total. The minimum atomic E-state index is -3.63. The van der Waals surface area contributed by atoms with Crippen molar-refractivity contribution in [3.8, 4) is 5.75 Å². The highest BCUT2D eigenvalue weighted by Crippen LogP contribution is 2.31. The molecule has 4 nitrogen and oxygen atoms in total. The largest absolute Gasteiger partial charge is 0.496 e. The lowest BCUT2D eigenvalue weighted by atomic mass is 10.1. The second-order valence-corrected chi connectivity index (χ2v) is 7.10. The Morgan fingerprint density at radius 1 is 0.955 bits per heavy atom. The fraction of sp³-hybridized carbons (Fsp3) is 0.294. The highest BCUT2D eigenvalue weighted by molar-refractivity contribution is 7.92. The van der Waals surface area contributed by atoms with E-state index in [-0.39, 0.29) is 4.90 Å². The maximum absolute atomic E-state index is 12.7. The molecule has 0 unspecified atom stereocenters. The van der Waals surface area contributed by atoms with Crippen LogP contribution < -0.4 is 9.46 Å². The van der Waals surface area contributed by atoms with Crippen molar-refractivity contribution < 1.29 is 13.2 Å². The smallest absolute Gasteiger partial charge is 0.262 e. The number of hydrogen-bond donors (Lipinski definition) is 1. The van der Waals surface area contributed by atoms with Crippen LogP contribution in [0.2, 0.25) is 0 Å². The van der Waals surface area contributed by atoms with Crippen molar-refractivity contribution in [1.29, 1.82) is 0 Å². The van der Waals surface area contributed by atoms with Crippen LogP contribution in [0.25, 0.3) is 0 Å². The van der Waals surface area contributed by atoms with Gasteiger partial charge in [0.05, 0.1) is 12.0 Å². The molecule has 0 aliphatic rings. The Bertz CT molecular complexity index is 794. The van der Waals surface area contributed by atoms with Gasteiger partial charge in [0.25, 0.3) is 10.0 Å². The fourth-order valence-electron chi connectivity index (χ4n) is 2.45. The normalized spacial score (nSPS) is 11.3. The van der Waals surface area contributed by atoms with Crippen molar-refractivity contribution in [2.24, 2.45) is 0 Å². The van der Waals surface area contributed by atoms with Gasteiger partial charge in [-0.2, -0.15) is 0 Å². The van der Waals surface area contributed by atoms with Crippen LogP contribution in [0.15, 0.2) is 35.2 Å². The minimum absolute atomic E-state index is 0.281. The lowest BCUT2D eigenvalue weighted by Gasteiger charge is -2.16. The molecule has 22 heavy (non-hydrogen) atoms. The lowest BCUT2D eigenvalue weighted by molar-refractivity contribution is 0.407. The minimum Gasteiger partial charge on any atom is -0.496 e. The molecule has 2 rings (SSSR count). The van der Waals surface area contributed by atoms with Gasteiger partial charge in [-0.3, -0.25) is 4.72 Å². The van der Waals surface area contributed by atoms with Crippen LogP contribution in [0.3, 0.4) is 0 Å². The molecule has 5 heteroatoms. The predicted octanol–water partition coefficient (Wildman–Crippen LogP) is 3.73. The van der Waals surface area contributed by atoms with Crippen molar-refractivity contribution in [3.05, 3.63) is 52.6 Å². The van der Waals surface area contributed by atoms with Gasteiger partial charge in [0.15, 0.2) is 0 Å². The van der Waals surface area contributed by atoms with Crippen LogP contribution in [0.4, 0.5) is 5.69 Å². The van der Waals surface area contributed by atoms with Crippen LogP contribution in [0, 0.1) is 27.7 Å². The number of anilines is 1. The highest BCUT2D eigenvalue weighted by atomic mass is 32.2. The van der Waals surface area contributed by atoms with Gasteiger partial charge in [-0.1, -0.05) is 17.7 Å². The van der Waals surface area contributed by atoms with Gasteiger partial charge >= 0.3 is 0 Å². The first-order chi connectivity index (χ1) is 10.3. The summed E-state index contributed by atoms with van der Waals surface area (Å²) in [6.07, 6.45) is 0. The Morgan fingerprint density at radius 2 is 1.55 bits per heavy atom. The summed E-state index contributed by atoms with van der Waals surface area (Å²) >= 11 is 0. The molecule has 0 heterocycles. The Hall–Kier alpha value is -2.01. The maximum Gasteiger partial charge on any atom is 0.262 e. The number of rotatable bonds is 4. The van der Waals surface area contributed by atoms with Gasteiger partial charge in [0.2, 0.25) is 0 Å². The second kappa shape index (κ2) is 6.01. The Balaban J connectivity index is 2.48. The van der Waals surface area contributed by atoms with Crippen molar-refractivity contribution >= 4 is 15.7 Å². The van der Waals surface area contributed by atoms with Crippen molar-refractivity contribution in [3.63, 3.8) is 0 Å². The molecule has 0 amide bonds. The summed E-state index contributed by atoms with van der Waals surface area (Å²) in [5, 5.41) is 0. The lowest BCUT2D eigenvalue weighted by Crippen LogP contribution is -2.15. The molecule has 0 aliphatic carbocycles. The van der Waals surface area contributed by atoms with E-state index in [2.05, 4.69) is 4.72 Å². The molecule has 0 bridgehead atoms. The molecule has 0 saturated carbocycles. The summed E-state index contributed by atoms with van der Waals surface area (Å²) in [5.74, 6) is 0.729. The number of nitrogens with one attached hydrogen (secondary N) is 1. The summed E-state index contributed by atoms with van der Waals surface area (Å²) in [6, 6.07) is 8.90. The van der Waals surface area contributed by atoms with Crippen molar-refractivity contribution in [2.75, 3.05) is 11.8 Å². The maximum atomic E-state index is 12.7. The van der Waals surface area contributed by atoms with E-state index in [1.807, 2.05) is 32.9 Å². The monoisotopic (exact) mass is 319 g/mol. The third-order valence-corrected chi connectivity index (χ3v) is 5.28. The zero-order valence-electron chi connectivity index (χ0n) is 13.5. The van der Waals surface area contributed by atoms with E-state index in [1.165, 1.54) is 0 Å². The molecule has 0 fully saturated rings. The zero-order chi connectivity index (χ0) is 16.5. The fourth-order valence-corrected chi connectivity index (χ4v) is 3.89. The molecule has 0 saturated heterocycles. The Kier molecular flexibility index (Phi) is 4.47. The topological polar surface area (TPSA) is 55.4 Å². The van der Waals surface area contributed by atoms with E-state index in [9.17, 15) is 8.42 Å². The first kappa shape index (κ1) is 16.4. The average Bonchev–Trinajstić information content (AvgIpc) is 2.45. The van der Waals surface area contributed by atoms with E-state index in [4.69, 9.17) is 4.74 Å². The second-order valence-electron chi connectivity index (χ2n) is 5.45. The van der Waals surface area contributed by atoms with E-state index in [0.29, 0.717) is 11.3 Å². The summed E-state index contributed by atoms with van der Waals surface area (Å²) in [6.45, 7) is 7.46. The number of ether oxygens (including phenoxy) is 1. The number of benzene rings is 2. The van der Waals surface area contributed by atoms with Crippen LogP contribution in [-0.4, -0.2) is 15.5 Å². The Morgan fingerprint density at radius 3 is 2.09 bits per heavy atom. The molecular formula is C17H21NO3S. The van der Waals surface area contributed by atoms with Gasteiger partial charge in [0.1, 0.15) is 5.75 Å². The molecule has 0 aliphatic heterocycles. The van der Waals surface area contributed by atoms with Gasteiger partial charge in [-0.15, -0.1) is 0 Å². The van der Waals surface area contributed by atoms with Crippen molar-refractivity contribution in [2.45, 2.75) is 32.6 Å². The molecule has 118 valence electrons. The highest BCUT2D eigenvalue weighted by Gasteiger charge is 2.21. The van der Waals surface area contributed by atoms with E-state index in [0.717, 1.165) is 22.4 Å². The summed E-state index contributed by atoms with van der Waals surface area (Å²) in [7, 11) is -2.04. The summed E-state index contributed by atoms with van der Waals surface area (Å²) in [5.41, 5.74) is 3.97. The SMILES string of the molecule is COc1c(C)cc(S(=O)(=O)Nc2ccc(C)cc2)c(C)c1C. The van der Waals surface area contributed by atoms with Crippen LogP contribution in [0.5, 0.6) is 5.75 Å². The Labute approximate surface area is 132 Å². The number of sulfonamides is 1. The molecule has 0 spiro atoms. The van der Waals surface area contributed by atoms with Gasteiger partial charge < -0.3 is 4.74 Å². The van der Waals surface area contributed by atoms with E-state index < -0.39 is 10.0 Å². The average molecular weight is 319 g/mol. The van der Waals surface area contributed by atoms with Gasteiger partial charge in [-0.25, -0.2) is 8.42 Å². The van der Waals surface area contributed by atoms with E-state index >= 15 is 0 Å². The predicted molar refractivity (Wildman–Crippen MR) is 89.2 cm³/mol. The van der Waals surface area contributed by atoms with Gasteiger partial charge in [-0.05, 0) is 62.6 Å². The van der Waals surface area contributed by atoms with Crippen LogP contribution >= 0.6 is 0 Å². The molecule has 2 aromatic carbocycles. The number of aryl methyl sites for hydroxylation is 2. The van der Waals surface area contributed by atoms with E-state index in [1.54, 1.807) is 32.2 Å². The van der Waals surface area contributed by atoms with Crippen LogP contribution in [0.1, 0.15) is 22.3 Å². The molecule has 0 atom stereocenters. The number of hydrogen-bond acceptors (Lipinski definition) is 3. The van der Waals surface area contributed by atoms with Crippen molar-refractivity contribution in [1.82, 2.24) is 0 Å². The molecular weight excluding hydrogens is 298 g/mol. The molecule has 0 aromatic heterocycles. The first-order valence-electron chi connectivity index (χ1n) is 7.00. The van der Waals surface area contributed by atoms with Crippen LogP contribution in [-0.2, 0) is 10.0 Å². The molecule has 0 radical (unpaired) electrons.